The molecule has 1 aliphatic heterocycles. The van der Waals surface area contributed by atoms with Gasteiger partial charge in [-0.3, -0.25) is 0 Å². The van der Waals surface area contributed by atoms with Crippen molar-refractivity contribution < 1.29 is 13.9 Å². The third kappa shape index (κ3) is 2.46. The van der Waals surface area contributed by atoms with Crippen LogP contribution < -0.4 is 0 Å². The van der Waals surface area contributed by atoms with Crippen LogP contribution in [0.25, 0.3) is 11.0 Å². The summed E-state index contributed by atoms with van der Waals surface area (Å²) < 4.78 is 19.3. The molecule has 7 heteroatoms. The van der Waals surface area contributed by atoms with Crippen LogP contribution in [0.15, 0.2) is 28.7 Å². The van der Waals surface area contributed by atoms with Gasteiger partial charge in [-0.25, -0.2) is 4.98 Å². The first-order chi connectivity index (χ1) is 12.3. The number of fused-ring (bicyclic) bond motifs is 1. The summed E-state index contributed by atoms with van der Waals surface area (Å²) in [6, 6.07) is 8.19. The lowest BCUT2D eigenvalue weighted by Gasteiger charge is -2.20. The summed E-state index contributed by atoms with van der Waals surface area (Å²) in [5.41, 5.74) is 1.51. The van der Waals surface area contributed by atoms with Crippen LogP contribution in [0.2, 0.25) is 0 Å². The Bertz CT molecular complexity index is 906. The lowest BCUT2D eigenvalue weighted by molar-refractivity contribution is -0.0417. The average Bonchev–Trinajstić information content (AvgIpc) is 3.07. The van der Waals surface area contributed by atoms with Crippen molar-refractivity contribution in [1.82, 2.24) is 19.7 Å². The molecule has 0 spiro atoms. The average molecular weight is 340 g/mol. The molecule has 1 atom stereocenters. The van der Waals surface area contributed by atoms with E-state index in [-0.39, 0.29) is 0 Å². The summed E-state index contributed by atoms with van der Waals surface area (Å²) in [4.78, 5) is 4.81. The molecule has 1 saturated heterocycles. The number of ether oxygens (including phenoxy) is 2. The minimum atomic E-state index is -0.610. The van der Waals surface area contributed by atoms with E-state index in [2.05, 4.69) is 20.8 Å². The molecule has 130 valence electrons. The Balaban J connectivity index is 1.50. The molecule has 3 heterocycles. The molecule has 0 N–H and O–H groups in total. The van der Waals surface area contributed by atoms with Gasteiger partial charge in [-0.2, -0.15) is 0 Å². The summed E-state index contributed by atoms with van der Waals surface area (Å²) in [7, 11) is 1.66. The first kappa shape index (κ1) is 15.0. The van der Waals surface area contributed by atoms with Gasteiger partial charge in [-0.05, 0) is 25.0 Å². The van der Waals surface area contributed by atoms with Crippen molar-refractivity contribution in [3.8, 4) is 0 Å². The van der Waals surface area contributed by atoms with Gasteiger partial charge >= 0.3 is 0 Å². The summed E-state index contributed by atoms with van der Waals surface area (Å²) in [5.74, 6) is 2.73. The lowest BCUT2D eigenvalue weighted by Crippen LogP contribution is -2.29. The van der Waals surface area contributed by atoms with Gasteiger partial charge < -0.3 is 18.5 Å². The first-order valence-electron chi connectivity index (χ1n) is 8.70. The van der Waals surface area contributed by atoms with E-state index in [9.17, 15) is 0 Å². The molecule has 1 aromatic carbocycles. The van der Waals surface area contributed by atoms with Gasteiger partial charge in [0.1, 0.15) is 12.4 Å². The number of methoxy groups -OCH3 is 1. The smallest absolute Gasteiger partial charge is 0.250 e. The van der Waals surface area contributed by atoms with Crippen LogP contribution in [-0.4, -0.2) is 40.1 Å². The number of nitrogens with zero attached hydrogens (tertiary/aromatic N) is 4. The second-order valence-electron chi connectivity index (χ2n) is 6.82. The van der Waals surface area contributed by atoms with Crippen LogP contribution in [0.4, 0.5) is 0 Å². The Labute approximate surface area is 145 Å². The first-order valence-corrected chi connectivity index (χ1v) is 8.70. The molecule has 0 radical (unpaired) electrons. The monoisotopic (exact) mass is 340 g/mol. The van der Waals surface area contributed by atoms with Crippen molar-refractivity contribution in [1.29, 1.82) is 0 Å². The van der Waals surface area contributed by atoms with E-state index in [0.29, 0.717) is 37.5 Å². The van der Waals surface area contributed by atoms with Gasteiger partial charge in [-0.15, -0.1) is 10.2 Å². The molecule has 1 saturated carbocycles. The maximum absolute atomic E-state index is 5.96. The Hall–Kier alpha value is -2.25. The number of para-hydroxylation sites is 2. The molecule has 0 amide bonds. The molecule has 25 heavy (non-hydrogen) atoms. The minimum absolute atomic E-state index is 0.451. The maximum Gasteiger partial charge on any atom is 0.250 e. The quantitative estimate of drug-likeness (QED) is 0.711. The highest BCUT2D eigenvalue weighted by atomic mass is 16.6. The molecule has 3 aromatic rings. The largest absolute Gasteiger partial charge is 0.420 e. The number of hydrogen-bond donors (Lipinski definition) is 0. The van der Waals surface area contributed by atoms with Gasteiger partial charge in [0.2, 0.25) is 5.89 Å². The third-order valence-corrected chi connectivity index (χ3v) is 5.15. The Kier molecular flexibility index (Phi) is 3.39. The highest BCUT2D eigenvalue weighted by Gasteiger charge is 2.42. The Morgan fingerprint density at radius 1 is 1.28 bits per heavy atom. The zero-order valence-corrected chi connectivity index (χ0v) is 14.1. The number of imidazole rings is 1. The van der Waals surface area contributed by atoms with E-state index in [0.717, 1.165) is 23.3 Å². The predicted molar refractivity (Wildman–Crippen MR) is 89.2 cm³/mol. The zero-order chi connectivity index (χ0) is 16.9. The van der Waals surface area contributed by atoms with Crippen LogP contribution in [0.1, 0.15) is 42.8 Å². The van der Waals surface area contributed by atoms with Crippen molar-refractivity contribution in [2.45, 2.75) is 37.3 Å². The summed E-state index contributed by atoms with van der Waals surface area (Å²) >= 11 is 0. The molecule has 7 nitrogen and oxygen atoms in total. The van der Waals surface area contributed by atoms with Crippen molar-refractivity contribution in [2.24, 2.45) is 0 Å². The standard InChI is InChI=1S/C18H20N4O3/c1-23-18(8-9-24-11-18)17-21-20-15(25-17)10-22-14-5-3-2-4-13(14)19-16(22)12-6-7-12/h2-5,12H,6-11H2,1H3. The third-order valence-electron chi connectivity index (χ3n) is 5.15. The van der Waals surface area contributed by atoms with E-state index < -0.39 is 5.60 Å². The van der Waals surface area contributed by atoms with Gasteiger partial charge in [0, 0.05) is 19.4 Å². The number of aromatic nitrogens is 4. The SMILES string of the molecule is COC1(c2nnc(Cn3c(C4CC4)nc4ccccc43)o2)CCOC1. The molecule has 2 aliphatic rings. The fourth-order valence-electron chi connectivity index (χ4n) is 3.51. The second-order valence-corrected chi connectivity index (χ2v) is 6.82. The molecule has 1 unspecified atom stereocenters. The van der Waals surface area contributed by atoms with Gasteiger partial charge in [0.05, 0.1) is 24.2 Å². The zero-order valence-electron chi connectivity index (χ0n) is 14.1. The number of hydrogen-bond acceptors (Lipinski definition) is 6. The van der Waals surface area contributed by atoms with Crippen LogP contribution in [-0.2, 0) is 21.6 Å². The highest BCUT2D eigenvalue weighted by molar-refractivity contribution is 5.76. The molecule has 0 bridgehead atoms. The van der Waals surface area contributed by atoms with E-state index in [4.69, 9.17) is 18.9 Å². The van der Waals surface area contributed by atoms with E-state index in [1.165, 1.54) is 12.8 Å². The van der Waals surface area contributed by atoms with E-state index in [1.54, 1.807) is 7.11 Å². The Morgan fingerprint density at radius 3 is 2.92 bits per heavy atom. The summed E-state index contributed by atoms with van der Waals surface area (Å²) in [5, 5.41) is 8.49. The van der Waals surface area contributed by atoms with Crippen LogP contribution >= 0.6 is 0 Å². The van der Waals surface area contributed by atoms with Crippen LogP contribution in [0, 0.1) is 0 Å². The maximum atomic E-state index is 5.96. The van der Waals surface area contributed by atoms with Crippen molar-refractivity contribution in [3.63, 3.8) is 0 Å². The molecule has 5 rings (SSSR count). The lowest BCUT2D eigenvalue weighted by atomic mass is 10.0. The number of rotatable bonds is 5. The van der Waals surface area contributed by atoms with E-state index in [1.807, 2.05) is 18.2 Å². The van der Waals surface area contributed by atoms with Crippen LogP contribution in [0.5, 0.6) is 0 Å². The van der Waals surface area contributed by atoms with Crippen molar-refractivity contribution >= 4 is 11.0 Å². The Morgan fingerprint density at radius 2 is 2.16 bits per heavy atom. The molecular weight excluding hydrogens is 320 g/mol. The predicted octanol–water partition coefficient (Wildman–Crippen LogP) is 2.61. The van der Waals surface area contributed by atoms with Gasteiger partial charge in [0.25, 0.3) is 5.89 Å². The second kappa shape index (κ2) is 5.64. The summed E-state index contributed by atoms with van der Waals surface area (Å²) in [6.07, 6.45) is 3.12. The minimum Gasteiger partial charge on any atom is -0.420 e. The van der Waals surface area contributed by atoms with E-state index >= 15 is 0 Å². The fourth-order valence-corrected chi connectivity index (χ4v) is 3.51. The molecular formula is C18H20N4O3. The molecule has 2 fully saturated rings. The van der Waals surface area contributed by atoms with Gasteiger partial charge in [0.15, 0.2) is 5.60 Å². The molecule has 1 aliphatic carbocycles. The fraction of sp³-hybridized carbons (Fsp3) is 0.500. The molecule has 2 aromatic heterocycles. The highest BCUT2D eigenvalue weighted by Crippen LogP contribution is 2.41. The normalized spacial score (nSPS) is 23.6. The van der Waals surface area contributed by atoms with Gasteiger partial charge in [-0.1, -0.05) is 12.1 Å². The summed E-state index contributed by atoms with van der Waals surface area (Å²) in [6.45, 7) is 1.62. The van der Waals surface area contributed by atoms with Crippen molar-refractivity contribution in [2.75, 3.05) is 20.3 Å². The van der Waals surface area contributed by atoms with Crippen molar-refractivity contribution in [3.05, 3.63) is 41.9 Å². The topological polar surface area (TPSA) is 75.2 Å². The van der Waals surface area contributed by atoms with Crippen LogP contribution in [0.3, 0.4) is 0 Å². The number of benzene rings is 1.